The van der Waals surface area contributed by atoms with Crippen molar-refractivity contribution >= 4 is 39.9 Å². The normalized spacial score (nSPS) is 16.8. The number of hydrogen-bond acceptors (Lipinski definition) is 9. The molecule has 1 fully saturated rings. The zero-order chi connectivity index (χ0) is 26.0. The van der Waals surface area contributed by atoms with Gasteiger partial charge in [0.15, 0.2) is 5.13 Å². The minimum Gasteiger partial charge on any atom is -0.507 e. The highest BCUT2D eigenvalue weighted by Crippen LogP contribution is 2.44. The van der Waals surface area contributed by atoms with Crippen molar-refractivity contribution < 1.29 is 33.7 Å². The Morgan fingerprint density at radius 1 is 1.11 bits per heavy atom. The molecule has 0 saturated carbocycles. The highest BCUT2D eigenvalue weighted by molar-refractivity contribution is 7.17. The largest absolute Gasteiger partial charge is 0.507 e. The summed E-state index contributed by atoms with van der Waals surface area (Å²) in [5, 5.41) is 11.4. The van der Waals surface area contributed by atoms with Gasteiger partial charge in [-0.2, -0.15) is 0 Å². The van der Waals surface area contributed by atoms with Gasteiger partial charge in [-0.25, -0.2) is 9.78 Å². The van der Waals surface area contributed by atoms with Crippen LogP contribution in [0.1, 0.15) is 39.5 Å². The van der Waals surface area contributed by atoms with E-state index in [1.165, 1.54) is 19.1 Å². The molecule has 186 valence electrons. The van der Waals surface area contributed by atoms with Gasteiger partial charge in [0.2, 0.25) is 0 Å². The van der Waals surface area contributed by atoms with Crippen molar-refractivity contribution in [2.45, 2.75) is 19.9 Å². The topological polar surface area (TPSA) is 115 Å². The molecule has 3 aromatic rings. The van der Waals surface area contributed by atoms with Crippen LogP contribution >= 0.6 is 11.3 Å². The Bertz CT molecular complexity index is 1380. The molecule has 1 amide bonds. The molecule has 4 rings (SSSR count). The number of aromatic nitrogens is 1. The van der Waals surface area contributed by atoms with Crippen LogP contribution in [-0.4, -0.2) is 48.6 Å². The molecule has 9 nitrogen and oxygen atoms in total. The number of esters is 1. The first-order valence-corrected chi connectivity index (χ1v) is 11.9. The fraction of sp³-hybridized carbons (Fsp3) is 0.231. The second-order valence-corrected chi connectivity index (χ2v) is 8.79. The average molecular weight is 509 g/mol. The standard InChI is InChI=1S/C26H24N2O7S/c1-5-35-18-11-7-9-16(13-18)21(29)19-20(15-8-6-10-17(12-15)33-3)28(24(31)22(19)30)26-27-14(2)23(36-26)25(32)34-4/h6-13,20,29H,5H2,1-4H3/b21-19+. The maximum Gasteiger partial charge on any atom is 0.350 e. The molecule has 1 saturated heterocycles. The van der Waals surface area contributed by atoms with Gasteiger partial charge >= 0.3 is 11.9 Å². The number of benzene rings is 2. The van der Waals surface area contributed by atoms with E-state index in [4.69, 9.17) is 14.2 Å². The lowest BCUT2D eigenvalue weighted by molar-refractivity contribution is -0.132. The summed E-state index contributed by atoms with van der Waals surface area (Å²) < 4.78 is 15.7. The van der Waals surface area contributed by atoms with Crippen molar-refractivity contribution in [2.24, 2.45) is 0 Å². The number of ether oxygens (including phenoxy) is 3. The average Bonchev–Trinajstić information content (AvgIpc) is 3.40. The number of aliphatic hydroxyl groups is 1. The first-order chi connectivity index (χ1) is 17.3. The number of carbonyl (C=O) groups is 3. The molecule has 2 aromatic carbocycles. The monoisotopic (exact) mass is 508 g/mol. The second-order valence-electron chi connectivity index (χ2n) is 7.81. The first-order valence-electron chi connectivity index (χ1n) is 11.0. The maximum absolute atomic E-state index is 13.3. The van der Waals surface area contributed by atoms with Crippen LogP contribution in [0.3, 0.4) is 0 Å². The van der Waals surface area contributed by atoms with Crippen molar-refractivity contribution in [2.75, 3.05) is 25.7 Å². The van der Waals surface area contributed by atoms with Crippen LogP contribution in [-0.2, 0) is 14.3 Å². The third-order valence-corrected chi connectivity index (χ3v) is 6.77. The summed E-state index contributed by atoms with van der Waals surface area (Å²) in [6.07, 6.45) is 0. The first kappa shape index (κ1) is 24.9. The number of thiazole rings is 1. The number of carbonyl (C=O) groups excluding carboxylic acids is 3. The Hall–Kier alpha value is -4.18. The van der Waals surface area contributed by atoms with Crippen LogP contribution in [0.2, 0.25) is 0 Å². The highest BCUT2D eigenvalue weighted by Gasteiger charge is 2.48. The summed E-state index contributed by atoms with van der Waals surface area (Å²) in [5.74, 6) is -1.70. The van der Waals surface area contributed by atoms with Crippen LogP contribution in [0.4, 0.5) is 5.13 Å². The molecule has 1 aromatic heterocycles. The SMILES string of the molecule is CCOc1cccc(/C(O)=C2\C(=O)C(=O)N(c3nc(C)c(C(=O)OC)s3)C2c2cccc(OC)c2)c1. The van der Waals surface area contributed by atoms with E-state index in [1.807, 2.05) is 6.92 Å². The van der Waals surface area contributed by atoms with E-state index in [1.54, 1.807) is 55.5 Å². The van der Waals surface area contributed by atoms with Crippen molar-refractivity contribution in [3.63, 3.8) is 0 Å². The molecule has 1 N–H and O–H groups in total. The summed E-state index contributed by atoms with van der Waals surface area (Å²) in [7, 11) is 2.75. The summed E-state index contributed by atoms with van der Waals surface area (Å²) in [5.41, 5.74) is 1.08. The Morgan fingerprint density at radius 2 is 1.83 bits per heavy atom. The van der Waals surface area contributed by atoms with Gasteiger partial charge in [-0.05, 0) is 43.7 Å². The summed E-state index contributed by atoms with van der Waals surface area (Å²) >= 11 is 0.934. The highest BCUT2D eigenvalue weighted by atomic mass is 32.1. The van der Waals surface area contributed by atoms with E-state index in [2.05, 4.69) is 4.98 Å². The van der Waals surface area contributed by atoms with Gasteiger partial charge in [0, 0.05) is 5.56 Å². The van der Waals surface area contributed by atoms with E-state index in [0.717, 1.165) is 11.3 Å². The molecular formula is C26H24N2O7S. The minimum atomic E-state index is -1.02. The molecule has 1 unspecified atom stereocenters. The number of aliphatic hydroxyl groups excluding tert-OH is 1. The van der Waals surface area contributed by atoms with Gasteiger partial charge in [-0.3, -0.25) is 14.5 Å². The lowest BCUT2D eigenvalue weighted by atomic mass is 9.95. The smallest absolute Gasteiger partial charge is 0.350 e. The molecule has 0 radical (unpaired) electrons. The second kappa shape index (κ2) is 10.2. The van der Waals surface area contributed by atoms with Gasteiger partial charge in [-0.1, -0.05) is 35.6 Å². The summed E-state index contributed by atoms with van der Waals surface area (Å²) in [6.45, 7) is 3.87. The number of Topliss-reactive ketones (excluding diaryl/α,β-unsaturated/α-hetero) is 1. The van der Waals surface area contributed by atoms with E-state index < -0.39 is 23.7 Å². The number of methoxy groups -OCH3 is 2. The van der Waals surface area contributed by atoms with Crippen molar-refractivity contribution in [1.29, 1.82) is 0 Å². The Morgan fingerprint density at radius 3 is 2.53 bits per heavy atom. The fourth-order valence-electron chi connectivity index (χ4n) is 3.98. The molecular weight excluding hydrogens is 484 g/mol. The number of anilines is 1. The molecule has 36 heavy (non-hydrogen) atoms. The van der Waals surface area contributed by atoms with Gasteiger partial charge in [0.25, 0.3) is 5.78 Å². The van der Waals surface area contributed by atoms with Crippen LogP contribution in [0, 0.1) is 6.92 Å². The quantitative estimate of drug-likeness (QED) is 0.218. The maximum atomic E-state index is 13.3. The third kappa shape index (κ3) is 4.42. The molecule has 1 aliphatic heterocycles. The number of rotatable bonds is 7. The van der Waals surface area contributed by atoms with Crippen molar-refractivity contribution in [1.82, 2.24) is 4.98 Å². The van der Waals surface area contributed by atoms with Crippen LogP contribution in [0.5, 0.6) is 11.5 Å². The summed E-state index contributed by atoms with van der Waals surface area (Å²) in [6, 6.07) is 12.4. The lowest BCUT2D eigenvalue weighted by Gasteiger charge is -2.23. The van der Waals surface area contributed by atoms with E-state index >= 15 is 0 Å². The van der Waals surface area contributed by atoms with Gasteiger partial charge < -0.3 is 19.3 Å². The number of ketones is 1. The van der Waals surface area contributed by atoms with Crippen LogP contribution in [0.15, 0.2) is 54.1 Å². The third-order valence-electron chi connectivity index (χ3n) is 5.63. The molecule has 1 atom stereocenters. The number of hydrogen-bond donors (Lipinski definition) is 1. The zero-order valence-corrected chi connectivity index (χ0v) is 20.9. The van der Waals surface area contributed by atoms with E-state index in [-0.39, 0.29) is 21.3 Å². The Labute approximate surface area is 211 Å². The lowest BCUT2D eigenvalue weighted by Crippen LogP contribution is -2.29. The van der Waals surface area contributed by atoms with Gasteiger partial charge in [0.05, 0.1) is 38.1 Å². The van der Waals surface area contributed by atoms with Crippen molar-refractivity contribution in [3.8, 4) is 11.5 Å². The van der Waals surface area contributed by atoms with Crippen LogP contribution < -0.4 is 14.4 Å². The molecule has 2 heterocycles. The molecule has 1 aliphatic rings. The zero-order valence-electron chi connectivity index (χ0n) is 20.1. The molecule has 0 bridgehead atoms. The molecule has 0 aliphatic carbocycles. The Balaban J connectivity index is 1.93. The fourth-order valence-corrected chi connectivity index (χ4v) is 4.99. The van der Waals surface area contributed by atoms with Crippen LogP contribution in [0.25, 0.3) is 5.76 Å². The minimum absolute atomic E-state index is 0.116. The van der Waals surface area contributed by atoms with Gasteiger partial charge in [0.1, 0.15) is 22.1 Å². The van der Waals surface area contributed by atoms with Gasteiger partial charge in [-0.15, -0.1) is 0 Å². The number of aryl methyl sites for hydroxylation is 1. The summed E-state index contributed by atoms with van der Waals surface area (Å²) in [4.78, 5) is 44.7. The number of amides is 1. The predicted molar refractivity (Wildman–Crippen MR) is 134 cm³/mol. The Kier molecular flexibility index (Phi) is 7.07. The van der Waals surface area contributed by atoms with Crippen molar-refractivity contribution in [3.05, 3.63) is 75.8 Å². The van der Waals surface area contributed by atoms with E-state index in [9.17, 15) is 19.5 Å². The van der Waals surface area contributed by atoms with E-state index in [0.29, 0.717) is 34.9 Å². The predicted octanol–water partition coefficient (Wildman–Crippen LogP) is 4.27. The molecule has 10 heteroatoms. The number of nitrogens with zero attached hydrogens (tertiary/aromatic N) is 2. The molecule has 0 spiro atoms.